The molecule has 0 aliphatic carbocycles. The number of nitrogens with one attached hydrogen (secondary N) is 2. The van der Waals surface area contributed by atoms with E-state index in [1.807, 2.05) is 0 Å². The number of carbonyl (C=O) groups is 2. The molecule has 0 unspecified atom stereocenters. The van der Waals surface area contributed by atoms with Crippen LogP contribution in [0, 0.1) is 0 Å². The lowest BCUT2D eigenvalue weighted by molar-refractivity contribution is -0.137. The Hall–Kier alpha value is -3.56. The van der Waals surface area contributed by atoms with Gasteiger partial charge in [0.25, 0.3) is 5.91 Å². The second-order valence-electron chi connectivity index (χ2n) is 6.12. The number of hydrogen-bond acceptors (Lipinski definition) is 5. The number of anilines is 1. The number of rotatable bonds is 7. The molecular formula is C20H20F3N3O4. The lowest BCUT2D eigenvalue weighted by Gasteiger charge is -2.13. The Labute approximate surface area is 170 Å². The molecule has 0 saturated carbocycles. The minimum absolute atomic E-state index is 0.192. The molecule has 0 aromatic heterocycles. The van der Waals surface area contributed by atoms with Crippen molar-refractivity contribution in [3.05, 3.63) is 53.6 Å². The largest absolute Gasteiger partial charge is 0.497 e. The van der Waals surface area contributed by atoms with E-state index in [4.69, 9.17) is 9.47 Å². The van der Waals surface area contributed by atoms with E-state index in [-0.39, 0.29) is 29.1 Å². The molecule has 0 fully saturated rings. The topological polar surface area (TPSA) is 89.0 Å². The van der Waals surface area contributed by atoms with Crippen LogP contribution < -0.4 is 20.2 Å². The van der Waals surface area contributed by atoms with Gasteiger partial charge in [-0.25, -0.2) is 5.43 Å². The van der Waals surface area contributed by atoms with Crippen molar-refractivity contribution >= 4 is 23.2 Å². The first kappa shape index (κ1) is 22.7. The summed E-state index contributed by atoms with van der Waals surface area (Å²) in [5, 5.41) is 6.03. The van der Waals surface area contributed by atoms with Crippen LogP contribution in [0.3, 0.4) is 0 Å². The van der Waals surface area contributed by atoms with Gasteiger partial charge < -0.3 is 14.8 Å². The van der Waals surface area contributed by atoms with Crippen molar-refractivity contribution in [3.63, 3.8) is 0 Å². The Bertz CT molecular complexity index is 959. The van der Waals surface area contributed by atoms with Crippen molar-refractivity contribution in [2.75, 3.05) is 19.5 Å². The van der Waals surface area contributed by atoms with Crippen LogP contribution >= 0.6 is 0 Å². The number of carbonyl (C=O) groups excluding carboxylic acids is 2. The molecule has 30 heavy (non-hydrogen) atoms. The fourth-order valence-electron chi connectivity index (χ4n) is 2.50. The molecule has 2 rings (SSSR count). The normalized spacial score (nSPS) is 11.6. The van der Waals surface area contributed by atoms with Gasteiger partial charge in [0.2, 0.25) is 5.91 Å². The average Bonchev–Trinajstić information content (AvgIpc) is 2.70. The molecule has 0 spiro atoms. The zero-order valence-electron chi connectivity index (χ0n) is 16.5. The third-order valence-corrected chi connectivity index (χ3v) is 3.92. The van der Waals surface area contributed by atoms with Crippen LogP contribution in [0.2, 0.25) is 0 Å². The minimum atomic E-state index is -4.60. The molecule has 2 aromatic carbocycles. The highest BCUT2D eigenvalue weighted by Crippen LogP contribution is 2.34. The number of alkyl halides is 3. The van der Waals surface area contributed by atoms with Crippen molar-refractivity contribution in [3.8, 4) is 11.5 Å². The van der Waals surface area contributed by atoms with Gasteiger partial charge in [0.1, 0.15) is 11.5 Å². The molecular weight excluding hydrogens is 403 g/mol. The predicted octanol–water partition coefficient (Wildman–Crippen LogP) is 3.86. The third-order valence-electron chi connectivity index (χ3n) is 3.92. The molecule has 0 heterocycles. The Morgan fingerprint density at radius 3 is 2.40 bits per heavy atom. The Morgan fingerprint density at radius 1 is 1.07 bits per heavy atom. The summed E-state index contributed by atoms with van der Waals surface area (Å²) in [4.78, 5) is 24.4. The van der Waals surface area contributed by atoms with E-state index < -0.39 is 23.6 Å². The highest BCUT2D eigenvalue weighted by atomic mass is 19.4. The minimum Gasteiger partial charge on any atom is -0.497 e. The number of hydrazone groups is 1. The summed E-state index contributed by atoms with van der Waals surface area (Å²) in [5.74, 6) is -0.527. The molecule has 0 bridgehead atoms. The second-order valence-corrected chi connectivity index (χ2v) is 6.12. The molecule has 160 valence electrons. The molecule has 7 nitrogen and oxygen atoms in total. The van der Waals surface area contributed by atoms with Crippen molar-refractivity contribution in [1.82, 2.24) is 5.43 Å². The number of amides is 2. The van der Waals surface area contributed by atoms with Gasteiger partial charge in [-0.2, -0.15) is 18.3 Å². The van der Waals surface area contributed by atoms with E-state index in [1.165, 1.54) is 45.4 Å². The van der Waals surface area contributed by atoms with Gasteiger partial charge in [0.05, 0.1) is 37.5 Å². The molecule has 0 saturated heterocycles. The number of nitrogens with zero attached hydrogens (tertiary/aromatic N) is 1. The van der Waals surface area contributed by atoms with Gasteiger partial charge in [-0.3, -0.25) is 9.59 Å². The van der Waals surface area contributed by atoms with Crippen LogP contribution in [0.5, 0.6) is 11.5 Å². The summed E-state index contributed by atoms with van der Waals surface area (Å²) < 4.78 is 49.2. The van der Waals surface area contributed by atoms with E-state index in [0.29, 0.717) is 5.75 Å². The third kappa shape index (κ3) is 5.97. The maximum atomic E-state index is 13.0. The fraction of sp³-hybridized carbons (Fsp3) is 0.250. The SMILES string of the molecule is COc1ccc(C(=O)N/N=C(\C)CC(=O)Nc2ccccc2C(F)(F)F)c(OC)c1. The van der Waals surface area contributed by atoms with Crippen molar-refractivity contribution in [2.24, 2.45) is 5.10 Å². The summed E-state index contributed by atoms with van der Waals surface area (Å²) in [6, 6.07) is 9.22. The van der Waals surface area contributed by atoms with Gasteiger partial charge in [0.15, 0.2) is 0 Å². The van der Waals surface area contributed by atoms with Gasteiger partial charge in [-0.05, 0) is 31.2 Å². The molecule has 2 amide bonds. The van der Waals surface area contributed by atoms with Crippen LogP contribution in [0.4, 0.5) is 18.9 Å². The Kier molecular flexibility index (Phi) is 7.40. The van der Waals surface area contributed by atoms with E-state index in [1.54, 1.807) is 6.07 Å². The number of methoxy groups -OCH3 is 2. The maximum absolute atomic E-state index is 13.0. The lowest BCUT2D eigenvalue weighted by atomic mass is 10.1. The molecule has 10 heteroatoms. The lowest BCUT2D eigenvalue weighted by Crippen LogP contribution is -2.22. The second kappa shape index (κ2) is 9.77. The highest BCUT2D eigenvalue weighted by Gasteiger charge is 2.33. The zero-order chi connectivity index (χ0) is 22.3. The summed E-state index contributed by atoms with van der Waals surface area (Å²) in [7, 11) is 2.86. The van der Waals surface area contributed by atoms with Crippen molar-refractivity contribution in [2.45, 2.75) is 19.5 Å². The van der Waals surface area contributed by atoms with Crippen LogP contribution in [0.15, 0.2) is 47.6 Å². The quantitative estimate of drug-likeness (QED) is 0.523. The molecule has 2 N–H and O–H groups in total. The summed E-state index contributed by atoms with van der Waals surface area (Å²) in [6.45, 7) is 1.46. The molecule has 2 aromatic rings. The van der Waals surface area contributed by atoms with E-state index in [2.05, 4.69) is 15.8 Å². The summed E-state index contributed by atoms with van der Waals surface area (Å²) >= 11 is 0. The van der Waals surface area contributed by atoms with Crippen molar-refractivity contribution < 1.29 is 32.2 Å². The van der Waals surface area contributed by atoms with E-state index in [9.17, 15) is 22.8 Å². The van der Waals surface area contributed by atoms with Crippen molar-refractivity contribution in [1.29, 1.82) is 0 Å². The number of hydrogen-bond donors (Lipinski definition) is 2. The monoisotopic (exact) mass is 423 g/mol. The first-order valence-electron chi connectivity index (χ1n) is 8.67. The standard InChI is InChI=1S/C20H20F3N3O4/c1-12(10-18(27)24-16-7-5-4-6-15(16)20(21,22)23)25-26-19(28)14-9-8-13(29-2)11-17(14)30-3/h4-9,11H,10H2,1-3H3,(H,24,27)(H,26,28)/b25-12+. The first-order valence-corrected chi connectivity index (χ1v) is 8.67. The number of halogens is 3. The number of benzene rings is 2. The van der Waals surface area contributed by atoms with E-state index in [0.717, 1.165) is 12.1 Å². The zero-order valence-corrected chi connectivity index (χ0v) is 16.5. The van der Waals surface area contributed by atoms with E-state index >= 15 is 0 Å². The first-order chi connectivity index (χ1) is 14.2. The summed E-state index contributed by atoms with van der Waals surface area (Å²) in [5.41, 5.74) is 1.37. The molecule has 0 aliphatic heterocycles. The average molecular weight is 423 g/mol. The fourth-order valence-corrected chi connectivity index (χ4v) is 2.50. The van der Waals surface area contributed by atoms with Gasteiger partial charge in [0, 0.05) is 11.8 Å². The van der Waals surface area contributed by atoms with Gasteiger partial charge in [-0.1, -0.05) is 12.1 Å². The maximum Gasteiger partial charge on any atom is 0.418 e. The Balaban J connectivity index is 2.02. The predicted molar refractivity (Wildman–Crippen MR) is 105 cm³/mol. The van der Waals surface area contributed by atoms with Crippen LogP contribution in [-0.4, -0.2) is 31.7 Å². The Morgan fingerprint density at radius 2 is 1.77 bits per heavy atom. The summed E-state index contributed by atoms with van der Waals surface area (Å²) in [6.07, 6.45) is -4.91. The van der Waals surface area contributed by atoms with Gasteiger partial charge >= 0.3 is 6.18 Å². The highest BCUT2D eigenvalue weighted by molar-refractivity contribution is 6.06. The number of para-hydroxylation sites is 1. The van der Waals surface area contributed by atoms with Crippen LogP contribution in [-0.2, 0) is 11.0 Å². The molecule has 0 radical (unpaired) electrons. The smallest absolute Gasteiger partial charge is 0.418 e. The van der Waals surface area contributed by atoms with Gasteiger partial charge in [-0.15, -0.1) is 0 Å². The molecule has 0 aliphatic rings. The van der Waals surface area contributed by atoms with Crippen LogP contribution in [0.1, 0.15) is 29.3 Å². The number of ether oxygens (including phenoxy) is 2. The van der Waals surface area contributed by atoms with Crippen LogP contribution in [0.25, 0.3) is 0 Å². The molecule has 0 atom stereocenters.